The summed E-state index contributed by atoms with van der Waals surface area (Å²) in [5, 5.41) is 22.9. The zero-order chi connectivity index (χ0) is 44.2. The second-order valence-corrected chi connectivity index (χ2v) is 19.0. The molecule has 0 aromatic rings. The van der Waals surface area contributed by atoms with Crippen molar-refractivity contribution in [2.45, 2.75) is 315 Å². The summed E-state index contributed by atoms with van der Waals surface area (Å²) < 4.78 is 0. The molecule has 0 aromatic carbocycles. The minimum absolute atomic E-state index is 0.0626. The molecule has 360 valence electrons. The van der Waals surface area contributed by atoms with Crippen molar-refractivity contribution in [3.05, 3.63) is 36.5 Å². The Bertz CT molecular complexity index is 928. The van der Waals surface area contributed by atoms with E-state index in [0.29, 0.717) is 6.42 Å². The maximum absolute atomic E-state index is 12.4. The average molecular weight is 857 g/mol. The Balaban J connectivity index is 3.31. The first-order chi connectivity index (χ1) is 30.2. The third-order valence-electron chi connectivity index (χ3n) is 12.9. The fourth-order valence-electron chi connectivity index (χ4n) is 8.62. The van der Waals surface area contributed by atoms with Crippen molar-refractivity contribution in [3.8, 4) is 0 Å². The Morgan fingerprint density at radius 1 is 0.393 bits per heavy atom. The van der Waals surface area contributed by atoms with Gasteiger partial charge in [-0.05, 0) is 51.4 Å². The molecule has 0 heterocycles. The third-order valence-corrected chi connectivity index (χ3v) is 12.9. The van der Waals surface area contributed by atoms with Gasteiger partial charge in [-0.2, -0.15) is 0 Å². The van der Waals surface area contributed by atoms with E-state index in [4.69, 9.17) is 0 Å². The smallest absolute Gasteiger partial charge is 0.220 e. The van der Waals surface area contributed by atoms with E-state index in [9.17, 15) is 15.0 Å². The maximum Gasteiger partial charge on any atom is 0.220 e. The van der Waals surface area contributed by atoms with Crippen molar-refractivity contribution in [3.63, 3.8) is 0 Å². The molecule has 0 aromatic heterocycles. The van der Waals surface area contributed by atoms with Crippen LogP contribution in [-0.2, 0) is 4.79 Å². The monoisotopic (exact) mass is 856 g/mol. The second kappa shape index (κ2) is 53.0. The van der Waals surface area contributed by atoms with Crippen LogP contribution in [0.5, 0.6) is 0 Å². The molecule has 0 bridgehead atoms. The molecule has 0 spiro atoms. The molecular formula is C57H109NO3. The van der Waals surface area contributed by atoms with Crippen LogP contribution in [-0.4, -0.2) is 34.9 Å². The van der Waals surface area contributed by atoms with E-state index < -0.39 is 12.1 Å². The van der Waals surface area contributed by atoms with Gasteiger partial charge in [-0.25, -0.2) is 0 Å². The van der Waals surface area contributed by atoms with Crippen LogP contribution >= 0.6 is 0 Å². The predicted molar refractivity (Wildman–Crippen MR) is 272 cm³/mol. The summed E-state index contributed by atoms with van der Waals surface area (Å²) in [6.45, 7) is 4.27. The highest BCUT2D eigenvalue weighted by Gasteiger charge is 2.18. The minimum Gasteiger partial charge on any atom is -0.394 e. The summed E-state index contributed by atoms with van der Waals surface area (Å²) in [6, 6.07) is -0.616. The van der Waals surface area contributed by atoms with E-state index in [1.54, 1.807) is 6.08 Å². The van der Waals surface area contributed by atoms with Crippen LogP contribution in [0.1, 0.15) is 303 Å². The highest BCUT2D eigenvalue weighted by molar-refractivity contribution is 5.76. The maximum atomic E-state index is 12.4. The third kappa shape index (κ3) is 49.5. The molecule has 0 aliphatic heterocycles. The predicted octanol–water partition coefficient (Wildman–Crippen LogP) is 18.1. The Labute approximate surface area is 382 Å². The highest BCUT2D eigenvalue weighted by Crippen LogP contribution is 2.17. The highest BCUT2D eigenvalue weighted by atomic mass is 16.3. The van der Waals surface area contributed by atoms with Crippen LogP contribution in [0.25, 0.3) is 0 Å². The van der Waals surface area contributed by atoms with Crippen molar-refractivity contribution in [2.75, 3.05) is 6.61 Å². The number of carbonyl (C=O) groups excluding carboxylic acids is 1. The largest absolute Gasteiger partial charge is 0.394 e. The van der Waals surface area contributed by atoms with Crippen LogP contribution in [0, 0.1) is 0 Å². The zero-order valence-corrected chi connectivity index (χ0v) is 41.4. The molecular weight excluding hydrogens is 747 g/mol. The summed E-state index contributed by atoms with van der Waals surface area (Å²) in [4.78, 5) is 12.4. The molecule has 0 aliphatic carbocycles. The number of aliphatic hydroxyl groups is 2. The molecule has 2 unspecified atom stereocenters. The minimum atomic E-state index is -0.833. The first-order valence-electron chi connectivity index (χ1n) is 27.7. The van der Waals surface area contributed by atoms with Gasteiger partial charge in [-0.15, -0.1) is 0 Å². The Hall–Kier alpha value is -1.39. The number of rotatable bonds is 51. The van der Waals surface area contributed by atoms with E-state index in [1.807, 2.05) is 6.08 Å². The number of aliphatic hydroxyl groups excluding tert-OH is 2. The zero-order valence-electron chi connectivity index (χ0n) is 41.4. The lowest BCUT2D eigenvalue weighted by Crippen LogP contribution is -2.45. The van der Waals surface area contributed by atoms with Crippen molar-refractivity contribution < 1.29 is 15.0 Å². The van der Waals surface area contributed by atoms with Gasteiger partial charge in [0, 0.05) is 6.42 Å². The van der Waals surface area contributed by atoms with Gasteiger partial charge < -0.3 is 15.5 Å². The Morgan fingerprint density at radius 3 is 0.984 bits per heavy atom. The van der Waals surface area contributed by atoms with Crippen LogP contribution in [0.3, 0.4) is 0 Å². The first-order valence-corrected chi connectivity index (χ1v) is 27.7. The quantitative estimate of drug-likeness (QED) is 0.0422. The van der Waals surface area contributed by atoms with Gasteiger partial charge in [0.15, 0.2) is 0 Å². The van der Waals surface area contributed by atoms with Crippen LogP contribution in [0.2, 0.25) is 0 Å². The van der Waals surface area contributed by atoms with Crippen LogP contribution in [0.15, 0.2) is 36.5 Å². The van der Waals surface area contributed by atoms with Gasteiger partial charge in [0.25, 0.3) is 0 Å². The summed E-state index contributed by atoms with van der Waals surface area (Å²) in [5.41, 5.74) is 0. The van der Waals surface area contributed by atoms with Gasteiger partial charge in [0.1, 0.15) is 0 Å². The topological polar surface area (TPSA) is 69.6 Å². The number of unbranched alkanes of at least 4 members (excludes halogenated alkanes) is 40. The molecule has 1 amide bonds. The van der Waals surface area contributed by atoms with E-state index in [1.165, 1.54) is 250 Å². The SMILES string of the molecule is CCCCCCC/C=C\C/C=C\CCCCCCCCCCCCCCCCCCCCCCCCCCCCCCCC(=O)NC(CO)C(O)/C=C/CCCCCCCC. The Kier molecular flexibility index (Phi) is 51.7. The normalized spacial score (nSPS) is 13.0. The van der Waals surface area contributed by atoms with Crippen molar-refractivity contribution in [1.29, 1.82) is 0 Å². The van der Waals surface area contributed by atoms with Gasteiger partial charge in [0.05, 0.1) is 18.8 Å². The molecule has 0 saturated heterocycles. The Morgan fingerprint density at radius 2 is 0.672 bits per heavy atom. The van der Waals surface area contributed by atoms with Gasteiger partial charge in [-0.1, -0.05) is 281 Å². The van der Waals surface area contributed by atoms with E-state index in [-0.39, 0.29) is 12.5 Å². The second-order valence-electron chi connectivity index (χ2n) is 19.0. The lowest BCUT2D eigenvalue weighted by Gasteiger charge is -2.20. The summed E-state index contributed by atoms with van der Waals surface area (Å²) in [7, 11) is 0. The fourth-order valence-corrected chi connectivity index (χ4v) is 8.62. The molecule has 0 rings (SSSR count). The number of allylic oxidation sites excluding steroid dienone is 5. The molecule has 0 radical (unpaired) electrons. The molecule has 0 fully saturated rings. The van der Waals surface area contributed by atoms with E-state index in [0.717, 1.165) is 32.1 Å². The summed E-state index contributed by atoms with van der Waals surface area (Å²) >= 11 is 0. The lowest BCUT2D eigenvalue weighted by molar-refractivity contribution is -0.123. The molecule has 61 heavy (non-hydrogen) atoms. The van der Waals surface area contributed by atoms with E-state index >= 15 is 0 Å². The molecule has 3 N–H and O–H groups in total. The number of amides is 1. The van der Waals surface area contributed by atoms with Gasteiger partial charge in [0.2, 0.25) is 5.91 Å². The lowest BCUT2D eigenvalue weighted by atomic mass is 10.0. The number of hydrogen-bond donors (Lipinski definition) is 3. The number of nitrogens with one attached hydrogen (secondary N) is 1. The molecule has 0 saturated carbocycles. The first kappa shape index (κ1) is 59.6. The summed E-state index contributed by atoms with van der Waals surface area (Å²) in [6.07, 6.45) is 72.0. The standard InChI is InChI=1S/C57H109NO3/c1-3-5-7-9-11-13-14-15-16-17-18-19-20-21-22-23-24-25-26-27-28-29-30-31-32-33-34-35-36-37-38-39-40-41-42-43-44-45-47-49-51-53-57(61)58-55(54-59)56(60)52-50-48-46-12-10-8-6-4-2/h14-15,17-18,50,52,55-56,59-60H,3-13,16,19-49,51,53-54H2,1-2H3,(H,58,61)/b15-14-,18-17-,52-50+. The molecule has 4 heteroatoms. The molecule has 4 nitrogen and oxygen atoms in total. The van der Waals surface area contributed by atoms with Gasteiger partial charge in [-0.3, -0.25) is 4.79 Å². The van der Waals surface area contributed by atoms with Crippen LogP contribution in [0.4, 0.5) is 0 Å². The van der Waals surface area contributed by atoms with Crippen molar-refractivity contribution >= 4 is 5.91 Å². The molecule has 0 aliphatic rings. The molecule has 2 atom stereocenters. The van der Waals surface area contributed by atoms with Crippen molar-refractivity contribution in [2.24, 2.45) is 0 Å². The van der Waals surface area contributed by atoms with Crippen LogP contribution < -0.4 is 5.32 Å². The fraction of sp³-hybridized carbons (Fsp3) is 0.877. The van der Waals surface area contributed by atoms with E-state index in [2.05, 4.69) is 43.5 Å². The number of hydrogen-bond acceptors (Lipinski definition) is 3. The number of carbonyl (C=O) groups is 1. The van der Waals surface area contributed by atoms with Crippen molar-refractivity contribution in [1.82, 2.24) is 5.32 Å². The average Bonchev–Trinajstić information content (AvgIpc) is 3.26. The summed E-state index contributed by atoms with van der Waals surface area (Å²) in [5.74, 6) is -0.0626. The van der Waals surface area contributed by atoms with Gasteiger partial charge >= 0.3 is 0 Å².